The van der Waals surface area contributed by atoms with Gasteiger partial charge in [0.2, 0.25) is 0 Å². The number of pyridine rings is 1. The zero-order valence-corrected chi connectivity index (χ0v) is 12.5. The number of halogens is 3. The van der Waals surface area contributed by atoms with Crippen molar-refractivity contribution < 1.29 is 0 Å². The Labute approximate surface area is 125 Å². The van der Waals surface area contributed by atoms with Crippen molar-refractivity contribution in [3.05, 3.63) is 62.9 Å². The molecule has 1 aromatic heterocycles. The van der Waals surface area contributed by atoms with Crippen LogP contribution >= 0.6 is 46.6 Å². The molecule has 0 radical (unpaired) electrons. The molecule has 0 saturated carbocycles. The molecule has 1 aromatic carbocycles. The van der Waals surface area contributed by atoms with Crippen LogP contribution in [0.2, 0.25) is 15.2 Å². The highest BCUT2D eigenvalue weighted by Gasteiger charge is 2.03. The van der Waals surface area contributed by atoms with Gasteiger partial charge in [0, 0.05) is 27.7 Å². The standard InChI is InChI=1S/C13H10Cl3NS/c14-11-3-1-9(2-4-11)7-18-8-10-6-17-13(16)5-12(10)15/h1-6H,7-8H2. The van der Waals surface area contributed by atoms with Crippen molar-refractivity contribution in [1.29, 1.82) is 0 Å². The summed E-state index contributed by atoms with van der Waals surface area (Å²) in [4.78, 5) is 4.03. The summed E-state index contributed by atoms with van der Waals surface area (Å²) in [7, 11) is 0. The molecule has 5 heteroatoms. The Morgan fingerprint density at radius 2 is 1.72 bits per heavy atom. The summed E-state index contributed by atoms with van der Waals surface area (Å²) >= 11 is 19.4. The fourth-order valence-electron chi connectivity index (χ4n) is 1.40. The summed E-state index contributed by atoms with van der Waals surface area (Å²) in [6.07, 6.45) is 1.72. The van der Waals surface area contributed by atoms with Gasteiger partial charge in [0.05, 0.1) is 0 Å². The maximum absolute atomic E-state index is 6.08. The molecule has 0 unspecified atom stereocenters. The van der Waals surface area contributed by atoms with E-state index in [9.17, 15) is 0 Å². The molecular formula is C13H10Cl3NS. The molecule has 0 fully saturated rings. The van der Waals surface area contributed by atoms with Crippen molar-refractivity contribution in [1.82, 2.24) is 4.98 Å². The van der Waals surface area contributed by atoms with Gasteiger partial charge in [-0.2, -0.15) is 11.8 Å². The number of nitrogens with zero attached hydrogens (tertiary/aromatic N) is 1. The van der Waals surface area contributed by atoms with Crippen LogP contribution in [0.3, 0.4) is 0 Å². The Bertz CT molecular complexity index is 528. The van der Waals surface area contributed by atoms with Gasteiger partial charge in [-0.1, -0.05) is 46.9 Å². The van der Waals surface area contributed by atoms with Gasteiger partial charge in [0.15, 0.2) is 0 Å². The van der Waals surface area contributed by atoms with Crippen molar-refractivity contribution in [3.8, 4) is 0 Å². The highest BCUT2D eigenvalue weighted by molar-refractivity contribution is 7.97. The first-order valence-electron chi connectivity index (χ1n) is 5.27. The molecule has 0 amide bonds. The predicted octanol–water partition coefficient (Wildman–Crippen LogP) is 5.48. The minimum Gasteiger partial charge on any atom is -0.244 e. The highest BCUT2D eigenvalue weighted by atomic mass is 35.5. The molecule has 94 valence electrons. The summed E-state index contributed by atoms with van der Waals surface area (Å²) in [5.74, 6) is 1.72. The number of hydrogen-bond donors (Lipinski definition) is 0. The molecule has 0 aliphatic rings. The molecule has 0 aliphatic carbocycles. The van der Waals surface area contributed by atoms with Crippen molar-refractivity contribution in [2.24, 2.45) is 0 Å². The lowest BCUT2D eigenvalue weighted by molar-refractivity contribution is 1.25. The zero-order valence-electron chi connectivity index (χ0n) is 9.37. The van der Waals surface area contributed by atoms with Crippen LogP contribution in [0.4, 0.5) is 0 Å². The van der Waals surface area contributed by atoms with Crippen LogP contribution in [0.25, 0.3) is 0 Å². The first-order valence-corrected chi connectivity index (χ1v) is 7.56. The average Bonchev–Trinajstić information content (AvgIpc) is 2.34. The van der Waals surface area contributed by atoms with E-state index < -0.39 is 0 Å². The van der Waals surface area contributed by atoms with E-state index in [1.807, 2.05) is 24.3 Å². The lowest BCUT2D eigenvalue weighted by atomic mass is 10.2. The second-order valence-electron chi connectivity index (χ2n) is 3.72. The number of rotatable bonds is 4. The fourth-order valence-corrected chi connectivity index (χ4v) is 3.02. The fraction of sp³-hybridized carbons (Fsp3) is 0.154. The van der Waals surface area contributed by atoms with Crippen LogP contribution in [0.1, 0.15) is 11.1 Å². The Morgan fingerprint density at radius 1 is 1.00 bits per heavy atom. The molecule has 1 heterocycles. The topological polar surface area (TPSA) is 12.9 Å². The largest absolute Gasteiger partial charge is 0.244 e. The summed E-state index contributed by atoms with van der Waals surface area (Å²) in [6.45, 7) is 0. The molecule has 0 atom stereocenters. The van der Waals surface area contributed by atoms with E-state index in [4.69, 9.17) is 34.8 Å². The number of aromatic nitrogens is 1. The first kappa shape index (κ1) is 14.0. The van der Waals surface area contributed by atoms with Crippen molar-refractivity contribution in [2.45, 2.75) is 11.5 Å². The van der Waals surface area contributed by atoms with Gasteiger partial charge in [-0.25, -0.2) is 4.98 Å². The van der Waals surface area contributed by atoms with E-state index in [1.54, 1.807) is 24.0 Å². The van der Waals surface area contributed by atoms with Crippen LogP contribution in [0.15, 0.2) is 36.5 Å². The van der Waals surface area contributed by atoms with Crippen LogP contribution in [0, 0.1) is 0 Å². The monoisotopic (exact) mass is 317 g/mol. The van der Waals surface area contributed by atoms with Crippen molar-refractivity contribution in [2.75, 3.05) is 0 Å². The lowest BCUT2D eigenvalue weighted by Gasteiger charge is -2.04. The Kier molecular flexibility index (Phi) is 5.19. The third-order valence-corrected chi connectivity index (χ3v) is 4.20. The minimum absolute atomic E-state index is 0.423. The SMILES string of the molecule is Clc1ccc(CSCc2cnc(Cl)cc2Cl)cc1. The molecule has 0 spiro atoms. The van der Waals surface area contributed by atoms with Crippen LogP contribution in [0.5, 0.6) is 0 Å². The maximum atomic E-state index is 6.08. The van der Waals surface area contributed by atoms with E-state index in [-0.39, 0.29) is 0 Å². The summed E-state index contributed by atoms with van der Waals surface area (Å²) in [6, 6.07) is 9.51. The van der Waals surface area contributed by atoms with Gasteiger partial charge in [0.25, 0.3) is 0 Å². The zero-order chi connectivity index (χ0) is 13.0. The van der Waals surface area contributed by atoms with Crippen LogP contribution in [-0.2, 0) is 11.5 Å². The first-order chi connectivity index (χ1) is 8.65. The van der Waals surface area contributed by atoms with Crippen molar-refractivity contribution >= 4 is 46.6 Å². The molecule has 0 bridgehead atoms. The average molecular weight is 319 g/mol. The number of benzene rings is 1. The summed E-state index contributed by atoms with van der Waals surface area (Å²) in [5, 5.41) is 1.85. The molecular weight excluding hydrogens is 309 g/mol. The Morgan fingerprint density at radius 3 is 2.39 bits per heavy atom. The van der Waals surface area contributed by atoms with Gasteiger partial charge in [-0.3, -0.25) is 0 Å². The molecule has 18 heavy (non-hydrogen) atoms. The molecule has 1 nitrogen and oxygen atoms in total. The van der Waals surface area contributed by atoms with E-state index in [2.05, 4.69) is 4.98 Å². The van der Waals surface area contributed by atoms with Crippen LogP contribution in [-0.4, -0.2) is 4.98 Å². The third-order valence-electron chi connectivity index (χ3n) is 2.34. The van der Waals surface area contributed by atoms with Crippen LogP contribution < -0.4 is 0 Å². The minimum atomic E-state index is 0.423. The lowest BCUT2D eigenvalue weighted by Crippen LogP contribution is -1.87. The van der Waals surface area contributed by atoms with Gasteiger partial charge < -0.3 is 0 Å². The van der Waals surface area contributed by atoms with Gasteiger partial charge in [-0.05, 0) is 29.3 Å². The molecule has 0 saturated heterocycles. The molecule has 0 aliphatic heterocycles. The smallest absolute Gasteiger partial charge is 0.130 e. The van der Waals surface area contributed by atoms with Gasteiger partial charge in [-0.15, -0.1) is 0 Å². The van der Waals surface area contributed by atoms with Crippen molar-refractivity contribution in [3.63, 3.8) is 0 Å². The van der Waals surface area contributed by atoms with Gasteiger partial charge in [0.1, 0.15) is 5.15 Å². The maximum Gasteiger partial charge on any atom is 0.130 e. The Balaban J connectivity index is 1.90. The normalized spacial score (nSPS) is 10.6. The second-order valence-corrected chi connectivity index (χ2v) is 5.93. The predicted molar refractivity (Wildman–Crippen MR) is 80.7 cm³/mol. The number of hydrogen-bond acceptors (Lipinski definition) is 2. The summed E-state index contributed by atoms with van der Waals surface area (Å²) < 4.78 is 0. The van der Waals surface area contributed by atoms with E-state index >= 15 is 0 Å². The highest BCUT2D eigenvalue weighted by Crippen LogP contribution is 2.25. The quantitative estimate of drug-likeness (QED) is 0.693. The van der Waals surface area contributed by atoms with E-state index in [0.29, 0.717) is 10.2 Å². The van der Waals surface area contributed by atoms with E-state index in [1.165, 1.54) is 5.56 Å². The second kappa shape index (κ2) is 6.67. The van der Waals surface area contributed by atoms with Gasteiger partial charge >= 0.3 is 0 Å². The molecule has 2 aromatic rings. The van der Waals surface area contributed by atoms with E-state index in [0.717, 1.165) is 22.1 Å². The summed E-state index contributed by atoms with van der Waals surface area (Å²) in [5.41, 5.74) is 2.24. The number of thioether (sulfide) groups is 1. The molecule has 2 rings (SSSR count). The Hall–Kier alpha value is -0.410. The molecule has 0 N–H and O–H groups in total. The third kappa shape index (κ3) is 4.06.